The van der Waals surface area contributed by atoms with Crippen LogP contribution in [0, 0.1) is 0 Å². The Bertz CT molecular complexity index is 462. The van der Waals surface area contributed by atoms with Crippen molar-refractivity contribution in [3.8, 4) is 0 Å². The van der Waals surface area contributed by atoms with Gasteiger partial charge in [0.15, 0.2) is 0 Å². The lowest BCUT2D eigenvalue weighted by Crippen LogP contribution is -2.40. The second kappa shape index (κ2) is 6.71. The standard InChI is InChI=1S/C16H27N3OS/c1-19-10-14(9-17-11-16(20)7-8-21-12-16)15(18-19)13-5-3-2-4-6-13/h10,13,17,20H,2-9,11-12H2,1H3/t16-/m0/s1. The van der Waals surface area contributed by atoms with Gasteiger partial charge >= 0.3 is 0 Å². The number of hydrogen-bond donors (Lipinski definition) is 2. The summed E-state index contributed by atoms with van der Waals surface area (Å²) in [6.07, 6.45) is 9.67. The third-order valence-corrected chi connectivity index (χ3v) is 6.02. The van der Waals surface area contributed by atoms with Crippen LogP contribution in [0.5, 0.6) is 0 Å². The summed E-state index contributed by atoms with van der Waals surface area (Å²) in [5, 5.41) is 18.6. The van der Waals surface area contributed by atoms with Crippen molar-refractivity contribution in [3.05, 3.63) is 17.5 Å². The summed E-state index contributed by atoms with van der Waals surface area (Å²) in [7, 11) is 2.01. The highest BCUT2D eigenvalue weighted by Gasteiger charge is 2.31. The highest BCUT2D eigenvalue weighted by molar-refractivity contribution is 7.99. The van der Waals surface area contributed by atoms with Crippen molar-refractivity contribution >= 4 is 11.8 Å². The zero-order valence-electron chi connectivity index (χ0n) is 13.0. The van der Waals surface area contributed by atoms with E-state index in [1.165, 1.54) is 43.4 Å². The number of aromatic nitrogens is 2. The van der Waals surface area contributed by atoms with Gasteiger partial charge in [0.2, 0.25) is 0 Å². The minimum atomic E-state index is -0.502. The number of thioether (sulfide) groups is 1. The van der Waals surface area contributed by atoms with Crippen molar-refractivity contribution in [1.82, 2.24) is 15.1 Å². The molecular formula is C16H27N3OS. The molecule has 1 atom stereocenters. The third-order valence-electron chi connectivity index (χ3n) is 4.78. The van der Waals surface area contributed by atoms with Crippen LogP contribution in [-0.2, 0) is 13.6 Å². The first kappa shape index (κ1) is 15.4. The van der Waals surface area contributed by atoms with Gasteiger partial charge in [-0.15, -0.1) is 0 Å². The van der Waals surface area contributed by atoms with Crippen LogP contribution in [0.4, 0.5) is 0 Å². The molecule has 1 aliphatic heterocycles. The molecule has 4 nitrogen and oxygen atoms in total. The normalized spacial score (nSPS) is 27.3. The van der Waals surface area contributed by atoms with E-state index in [0.717, 1.165) is 24.5 Å². The van der Waals surface area contributed by atoms with Crippen molar-refractivity contribution in [2.75, 3.05) is 18.1 Å². The number of nitrogens with zero attached hydrogens (tertiary/aromatic N) is 2. The molecule has 2 fully saturated rings. The van der Waals surface area contributed by atoms with Crippen molar-refractivity contribution in [1.29, 1.82) is 0 Å². The molecule has 0 spiro atoms. The molecule has 0 bridgehead atoms. The van der Waals surface area contributed by atoms with Crippen molar-refractivity contribution in [2.45, 2.75) is 56.6 Å². The van der Waals surface area contributed by atoms with Crippen LogP contribution in [0.2, 0.25) is 0 Å². The van der Waals surface area contributed by atoms with Crippen LogP contribution < -0.4 is 5.32 Å². The molecule has 5 heteroatoms. The Balaban J connectivity index is 1.59. The molecule has 3 rings (SSSR count). The first-order valence-corrected chi connectivity index (χ1v) is 9.35. The van der Waals surface area contributed by atoms with Gasteiger partial charge in [-0.3, -0.25) is 4.68 Å². The molecule has 0 radical (unpaired) electrons. The summed E-state index contributed by atoms with van der Waals surface area (Å²) in [5.41, 5.74) is 2.11. The van der Waals surface area contributed by atoms with E-state index < -0.39 is 5.60 Å². The second-order valence-corrected chi connectivity index (χ2v) is 7.78. The zero-order chi connectivity index (χ0) is 14.7. The Hall–Kier alpha value is -0.520. The first-order chi connectivity index (χ1) is 10.2. The summed E-state index contributed by atoms with van der Waals surface area (Å²) in [6, 6.07) is 0. The fourth-order valence-corrected chi connectivity index (χ4v) is 4.87. The Morgan fingerprint density at radius 1 is 1.43 bits per heavy atom. The van der Waals surface area contributed by atoms with Crippen molar-refractivity contribution in [2.24, 2.45) is 7.05 Å². The predicted molar refractivity (Wildman–Crippen MR) is 87.6 cm³/mol. The number of aryl methyl sites for hydroxylation is 1. The molecule has 2 N–H and O–H groups in total. The van der Waals surface area contributed by atoms with Gasteiger partial charge in [0.1, 0.15) is 0 Å². The minimum absolute atomic E-state index is 0.502. The number of aliphatic hydroxyl groups is 1. The lowest BCUT2D eigenvalue weighted by Gasteiger charge is -2.23. The molecule has 1 saturated heterocycles. The van der Waals surface area contributed by atoms with Gasteiger partial charge in [-0.2, -0.15) is 16.9 Å². The molecule has 1 aromatic rings. The summed E-state index contributed by atoms with van der Waals surface area (Å²) < 4.78 is 1.95. The average Bonchev–Trinajstić information content (AvgIpc) is 3.07. The molecule has 21 heavy (non-hydrogen) atoms. The van der Waals surface area contributed by atoms with Gasteiger partial charge in [0.05, 0.1) is 11.3 Å². The van der Waals surface area contributed by atoms with E-state index in [-0.39, 0.29) is 0 Å². The van der Waals surface area contributed by atoms with Gasteiger partial charge in [-0.1, -0.05) is 19.3 Å². The van der Waals surface area contributed by atoms with Gasteiger partial charge in [0.25, 0.3) is 0 Å². The molecule has 1 aliphatic carbocycles. The predicted octanol–water partition coefficient (Wildman–Crippen LogP) is 2.43. The SMILES string of the molecule is Cn1cc(CNC[C@@]2(O)CCSC2)c(C2CCCCC2)n1. The van der Waals surface area contributed by atoms with Gasteiger partial charge in [0, 0.05) is 43.6 Å². The van der Waals surface area contributed by atoms with E-state index in [1.54, 1.807) is 0 Å². The maximum Gasteiger partial charge on any atom is 0.0869 e. The Kier molecular flexibility index (Phi) is 4.92. The molecule has 0 unspecified atom stereocenters. The quantitative estimate of drug-likeness (QED) is 0.877. The number of nitrogens with one attached hydrogen (secondary N) is 1. The summed E-state index contributed by atoms with van der Waals surface area (Å²) in [4.78, 5) is 0. The fourth-order valence-electron chi connectivity index (χ4n) is 3.58. The Morgan fingerprint density at radius 3 is 2.95 bits per heavy atom. The second-order valence-electron chi connectivity index (χ2n) is 6.68. The lowest BCUT2D eigenvalue weighted by atomic mass is 9.85. The fraction of sp³-hybridized carbons (Fsp3) is 0.812. The highest BCUT2D eigenvalue weighted by atomic mass is 32.2. The summed E-state index contributed by atoms with van der Waals surface area (Å²) in [6.45, 7) is 1.52. The van der Waals surface area contributed by atoms with Crippen molar-refractivity contribution < 1.29 is 5.11 Å². The molecule has 1 aromatic heterocycles. The number of hydrogen-bond acceptors (Lipinski definition) is 4. The maximum atomic E-state index is 10.4. The first-order valence-electron chi connectivity index (χ1n) is 8.20. The molecular weight excluding hydrogens is 282 g/mol. The Labute approximate surface area is 131 Å². The van der Waals surface area contributed by atoms with Crippen LogP contribution in [0.1, 0.15) is 55.7 Å². The molecule has 0 aromatic carbocycles. The lowest BCUT2D eigenvalue weighted by molar-refractivity contribution is 0.0674. The Morgan fingerprint density at radius 2 is 2.24 bits per heavy atom. The van der Waals surface area contributed by atoms with Crippen LogP contribution >= 0.6 is 11.8 Å². The van der Waals surface area contributed by atoms with E-state index in [0.29, 0.717) is 12.5 Å². The van der Waals surface area contributed by atoms with Gasteiger partial charge < -0.3 is 10.4 Å². The van der Waals surface area contributed by atoms with Gasteiger partial charge in [-0.25, -0.2) is 0 Å². The number of rotatable bonds is 5. The summed E-state index contributed by atoms with van der Waals surface area (Å²) in [5.74, 6) is 2.59. The smallest absolute Gasteiger partial charge is 0.0869 e. The van der Waals surface area contributed by atoms with E-state index >= 15 is 0 Å². The van der Waals surface area contributed by atoms with Crippen LogP contribution in [0.15, 0.2) is 6.20 Å². The largest absolute Gasteiger partial charge is 0.388 e. The molecule has 2 heterocycles. The topological polar surface area (TPSA) is 50.1 Å². The van der Waals surface area contributed by atoms with E-state index in [9.17, 15) is 5.11 Å². The third kappa shape index (κ3) is 3.82. The molecule has 1 saturated carbocycles. The average molecular weight is 309 g/mol. The maximum absolute atomic E-state index is 10.4. The van der Waals surface area contributed by atoms with E-state index in [4.69, 9.17) is 5.10 Å². The highest BCUT2D eigenvalue weighted by Crippen LogP contribution is 2.33. The van der Waals surface area contributed by atoms with Crippen LogP contribution in [-0.4, -0.2) is 38.5 Å². The van der Waals surface area contributed by atoms with E-state index in [1.807, 2.05) is 23.5 Å². The monoisotopic (exact) mass is 309 g/mol. The van der Waals surface area contributed by atoms with Crippen LogP contribution in [0.25, 0.3) is 0 Å². The molecule has 0 amide bonds. The molecule has 2 aliphatic rings. The molecule has 118 valence electrons. The van der Waals surface area contributed by atoms with Crippen molar-refractivity contribution in [3.63, 3.8) is 0 Å². The van der Waals surface area contributed by atoms with Gasteiger partial charge in [-0.05, 0) is 25.0 Å². The van der Waals surface area contributed by atoms with E-state index in [2.05, 4.69) is 11.5 Å². The summed E-state index contributed by atoms with van der Waals surface area (Å²) >= 11 is 1.85. The van der Waals surface area contributed by atoms with Crippen LogP contribution in [0.3, 0.4) is 0 Å². The minimum Gasteiger partial charge on any atom is -0.388 e. The zero-order valence-corrected chi connectivity index (χ0v) is 13.8.